The fraction of sp³-hybridized carbons (Fsp3) is 0.562. The summed E-state index contributed by atoms with van der Waals surface area (Å²) in [6.07, 6.45) is 2.45. The van der Waals surface area contributed by atoms with Gasteiger partial charge in [0, 0.05) is 38.0 Å². The van der Waals surface area contributed by atoms with Crippen molar-refractivity contribution in [3.63, 3.8) is 0 Å². The molecule has 1 aromatic carbocycles. The number of nitrogens with one attached hydrogen (secondary N) is 2. The van der Waals surface area contributed by atoms with Gasteiger partial charge in [-0.15, -0.1) is 0 Å². The van der Waals surface area contributed by atoms with Gasteiger partial charge in [-0.1, -0.05) is 0 Å². The second-order valence-corrected chi connectivity index (χ2v) is 5.44. The van der Waals surface area contributed by atoms with Crippen LogP contribution in [-0.2, 0) is 0 Å². The number of aliphatic hydroxyl groups is 1. The maximum absolute atomic E-state index is 11.7. The molecule has 1 aliphatic heterocycles. The lowest BCUT2D eigenvalue weighted by Gasteiger charge is -2.34. The fourth-order valence-electron chi connectivity index (χ4n) is 2.59. The van der Waals surface area contributed by atoms with Crippen LogP contribution in [0, 0.1) is 0 Å². The molecule has 0 aliphatic carbocycles. The number of piperidine rings is 1. The summed E-state index contributed by atoms with van der Waals surface area (Å²) in [5.41, 5.74) is 1.19. The number of hydrogen-bond acceptors (Lipinski definition) is 4. The van der Waals surface area contributed by atoms with Gasteiger partial charge in [0.05, 0.1) is 7.11 Å². The average Bonchev–Trinajstić information content (AvgIpc) is 2.56. The Balaban J connectivity index is 1.74. The number of nitrogens with zero attached hydrogens (tertiary/aromatic N) is 1. The smallest absolute Gasteiger partial charge is 0.315 e. The van der Waals surface area contributed by atoms with Crippen LogP contribution in [0.4, 0.5) is 10.5 Å². The molecular formula is C16H25N3O3. The molecule has 1 saturated heterocycles. The lowest BCUT2D eigenvalue weighted by atomic mass is 10.0. The van der Waals surface area contributed by atoms with E-state index in [1.54, 1.807) is 7.11 Å². The number of carbonyl (C=O) groups excluding carboxylic acids is 1. The Labute approximate surface area is 131 Å². The highest BCUT2D eigenvalue weighted by molar-refractivity contribution is 5.74. The molecule has 1 aromatic rings. The van der Waals surface area contributed by atoms with E-state index in [1.165, 1.54) is 5.69 Å². The average molecular weight is 307 g/mol. The second-order valence-electron chi connectivity index (χ2n) is 5.44. The van der Waals surface area contributed by atoms with Crippen LogP contribution in [0.1, 0.15) is 19.3 Å². The quantitative estimate of drug-likeness (QED) is 0.694. The highest BCUT2D eigenvalue weighted by atomic mass is 16.5. The monoisotopic (exact) mass is 307 g/mol. The van der Waals surface area contributed by atoms with E-state index < -0.39 is 0 Å². The van der Waals surface area contributed by atoms with Crippen LogP contribution < -0.4 is 20.3 Å². The minimum atomic E-state index is -0.142. The van der Waals surface area contributed by atoms with E-state index in [-0.39, 0.29) is 18.7 Å². The van der Waals surface area contributed by atoms with Crippen LogP contribution in [-0.4, -0.2) is 50.5 Å². The number of hydrogen-bond donors (Lipinski definition) is 3. The van der Waals surface area contributed by atoms with Gasteiger partial charge in [-0.05, 0) is 43.5 Å². The van der Waals surface area contributed by atoms with Crippen LogP contribution in [0.5, 0.6) is 5.75 Å². The summed E-state index contributed by atoms with van der Waals surface area (Å²) in [4.78, 5) is 14.0. The van der Waals surface area contributed by atoms with Gasteiger partial charge in [0.2, 0.25) is 0 Å². The normalized spacial score (nSPS) is 15.5. The zero-order valence-corrected chi connectivity index (χ0v) is 13.0. The fourth-order valence-corrected chi connectivity index (χ4v) is 2.59. The van der Waals surface area contributed by atoms with Crippen LogP contribution in [0.25, 0.3) is 0 Å². The minimum Gasteiger partial charge on any atom is -0.497 e. The first-order valence-corrected chi connectivity index (χ1v) is 7.77. The van der Waals surface area contributed by atoms with Crippen molar-refractivity contribution in [2.75, 3.05) is 38.3 Å². The molecule has 1 fully saturated rings. The topological polar surface area (TPSA) is 73.8 Å². The Morgan fingerprint density at radius 3 is 2.59 bits per heavy atom. The Hall–Kier alpha value is -1.95. The third-order valence-electron chi connectivity index (χ3n) is 3.89. The lowest BCUT2D eigenvalue weighted by molar-refractivity contribution is 0.232. The predicted molar refractivity (Wildman–Crippen MR) is 86.5 cm³/mol. The molecule has 122 valence electrons. The number of urea groups is 1. The first-order valence-electron chi connectivity index (χ1n) is 7.77. The van der Waals surface area contributed by atoms with Crippen molar-refractivity contribution >= 4 is 11.7 Å². The van der Waals surface area contributed by atoms with E-state index in [2.05, 4.69) is 27.7 Å². The van der Waals surface area contributed by atoms with Crippen LogP contribution >= 0.6 is 0 Å². The van der Waals surface area contributed by atoms with E-state index in [0.29, 0.717) is 13.0 Å². The summed E-state index contributed by atoms with van der Waals surface area (Å²) in [5.74, 6) is 0.861. The number of aliphatic hydroxyl groups excluding tert-OH is 1. The highest BCUT2D eigenvalue weighted by Gasteiger charge is 2.20. The van der Waals surface area contributed by atoms with E-state index >= 15 is 0 Å². The maximum atomic E-state index is 11.7. The van der Waals surface area contributed by atoms with Crippen molar-refractivity contribution in [2.24, 2.45) is 0 Å². The van der Waals surface area contributed by atoms with Crippen molar-refractivity contribution in [1.82, 2.24) is 10.6 Å². The van der Waals surface area contributed by atoms with Gasteiger partial charge in [-0.2, -0.15) is 0 Å². The number of rotatable bonds is 6. The zero-order valence-electron chi connectivity index (χ0n) is 13.0. The van der Waals surface area contributed by atoms with Gasteiger partial charge in [-0.3, -0.25) is 0 Å². The lowest BCUT2D eigenvalue weighted by Crippen LogP contribution is -2.48. The molecule has 0 atom stereocenters. The molecule has 1 heterocycles. The Morgan fingerprint density at radius 2 is 2.00 bits per heavy atom. The summed E-state index contributed by atoms with van der Waals surface area (Å²) in [5, 5.41) is 14.4. The van der Waals surface area contributed by atoms with Crippen LogP contribution in [0.3, 0.4) is 0 Å². The number of methoxy groups -OCH3 is 1. The molecule has 0 unspecified atom stereocenters. The number of benzene rings is 1. The van der Waals surface area contributed by atoms with Crippen molar-refractivity contribution in [3.8, 4) is 5.75 Å². The molecule has 6 heteroatoms. The molecule has 6 nitrogen and oxygen atoms in total. The van der Waals surface area contributed by atoms with Gasteiger partial charge in [0.25, 0.3) is 0 Å². The zero-order chi connectivity index (χ0) is 15.8. The summed E-state index contributed by atoms with van der Waals surface area (Å²) in [7, 11) is 1.66. The molecule has 2 rings (SSSR count). The van der Waals surface area contributed by atoms with Crippen molar-refractivity contribution in [3.05, 3.63) is 24.3 Å². The summed E-state index contributed by atoms with van der Waals surface area (Å²) >= 11 is 0. The van der Waals surface area contributed by atoms with Crippen molar-refractivity contribution in [2.45, 2.75) is 25.3 Å². The van der Waals surface area contributed by atoms with E-state index in [1.807, 2.05) is 12.1 Å². The predicted octanol–water partition coefficient (Wildman–Crippen LogP) is 1.35. The highest BCUT2D eigenvalue weighted by Crippen LogP contribution is 2.22. The number of anilines is 1. The summed E-state index contributed by atoms with van der Waals surface area (Å²) in [6.45, 7) is 2.45. The van der Waals surface area contributed by atoms with Gasteiger partial charge >= 0.3 is 6.03 Å². The molecule has 1 aliphatic rings. The van der Waals surface area contributed by atoms with Crippen molar-refractivity contribution in [1.29, 1.82) is 0 Å². The first kappa shape index (κ1) is 16.4. The van der Waals surface area contributed by atoms with Gasteiger partial charge in [0.15, 0.2) is 0 Å². The molecule has 0 aromatic heterocycles. The second kappa shape index (κ2) is 8.48. The van der Waals surface area contributed by atoms with Gasteiger partial charge in [0.1, 0.15) is 5.75 Å². The van der Waals surface area contributed by atoms with Gasteiger partial charge in [-0.25, -0.2) is 4.79 Å². The number of amides is 2. The summed E-state index contributed by atoms with van der Waals surface area (Å²) in [6, 6.07) is 8.13. The summed E-state index contributed by atoms with van der Waals surface area (Å²) < 4.78 is 5.17. The number of carbonyl (C=O) groups is 1. The van der Waals surface area contributed by atoms with E-state index in [0.717, 1.165) is 31.7 Å². The Bertz CT molecular complexity index is 456. The van der Waals surface area contributed by atoms with Crippen LogP contribution in [0.15, 0.2) is 24.3 Å². The largest absolute Gasteiger partial charge is 0.497 e. The first-order chi connectivity index (χ1) is 10.7. The molecule has 22 heavy (non-hydrogen) atoms. The molecule has 0 spiro atoms. The van der Waals surface area contributed by atoms with Gasteiger partial charge < -0.3 is 25.4 Å². The molecule has 0 radical (unpaired) electrons. The van der Waals surface area contributed by atoms with Crippen molar-refractivity contribution < 1.29 is 14.6 Å². The number of ether oxygens (including phenoxy) is 1. The molecule has 0 saturated carbocycles. The molecule has 0 bridgehead atoms. The maximum Gasteiger partial charge on any atom is 0.315 e. The minimum absolute atomic E-state index is 0.0977. The Morgan fingerprint density at radius 1 is 1.32 bits per heavy atom. The van der Waals surface area contributed by atoms with E-state index in [4.69, 9.17) is 9.84 Å². The Kier molecular flexibility index (Phi) is 6.33. The van der Waals surface area contributed by atoms with E-state index in [9.17, 15) is 4.79 Å². The molecule has 2 amide bonds. The van der Waals surface area contributed by atoms with Crippen LogP contribution in [0.2, 0.25) is 0 Å². The standard InChI is InChI=1S/C16H25N3O3/c1-22-15-5-3-14(4-6-15)19-10-7-13(8-11-19)18-16(21)17-9-2-12-20/h3-6,13,20H,2,7-12H2,1H3,(H2,17,18,21). The third-order valence-corrected chi connectivity index (χ3v) is 3.89. The molecular weight excluding hydrogens is 282 g/mol. The third kappa shape index (κ3) is 4.80. The molecule has 3 N–H and O–H groups in total. The SMILES string of the molecule is COc1ccc(N2CCC(NC(=O)NCCCO)CC2)cc1.